The minimum absolute atomic E-state index is 0.00912. The second-order valence-corrected chi connectivity index (χ2v) is 4.91. The van der Waals surface area contributed by atoms with Crippen molar-refractivity contribution in [3.63, 3.8) is 0 Å². The normalized spacial score (nSPS) is 16.0. The highest BCUT2D eigenvalue weighted by Gasteiger charge is 2.25. The van der Waals surface area contributed by atoms with Crippen LogP contribution in [0.5, 0.6) is 5.75 Å². The van der Waals surface area contributed by atoms with E-state index >= 15 is 0 Å². The van der Waals surface area contributed by atoms with Gasteiger partial charge in [-0.2, -0.15) is 8.78 Å². The molecule has 0 bridgehead atoms. The van der Waals surface area contributed by atoms with Crippen molar-refractivity contribution in [3.8, 4) is 5.75 Å². The maximum absolute atomic E-state index is 12.0. The summed E-state index contributed by atoms with van der Waals surface area (Å²) < 4.78 is 28.3. The molecule has 0 saturated heterocycles. The van der Waals surface area contributed by atoms with Crippen LogP contribution in [-0.2, 0) is 11.3 Å². The van der Waals surface area contributed by atoms with Crippen LogP contribution in [0.2, 0.25) is 0 Å². The lowest BCUT2D eigenvalue weighted by atomic mass is 10.2. The highest BCUT2D eigenvalue weighted by atomic mass is 19.3. The van der Waals surface area contributed by atoms with Crippen LogP contribution in [0.3, 0.4) is 0 Å². The van der Waals surface area contributed by atoms with Crippen molar-refractivity contribution in [2.75, 3.05) is 0 Å². The van der Waals surface area contributed by atoms with Crippen LogP contribution in [0.15, 0.2) is 24.3 Å². The SMILES string of the molecule is CC(NCc1ccc(OC(F)F)cc1)C(=O)NC1CC1. The molecule has 0 aliphatic heterocycles. The van der Waals surface area contributed by atoms with E-state index in [0.29, 0.717) is 12.6 Å². The molecule has 1 aliphatic carbocycles. The van der Waals surface area contributed by atoms with Gasteiger partial charge in [0.2, 0.25) is 5.91 Å². The summed E-state index contributed by atoms with van der Waals surface area (Å²) in [4.78, 5) is 11.7. The van der Waals surface area contributed by atoms with Crippen LogP contribution in [0, 0.1) is 0 Å². The maximum Gasteiger partial charge on any atom is 0.387 e. The molecule has 2 N–H and O–H groups in total. The van der Waals surface area contributed by atoms with Gasteiger partial charge in [0.15, 0.2) is 0 Å². The number of nitrogens with one attached hydrogen (secondary N) is 2. The number of hydrogen-bond donors (Lipinski definition) is 2. The van der Waals surface area contributed by atoms with E-state index in [1.807, 2.05) is 0 Å². The van der Waals surface area contributed by atoms with E-state index < -0.39 is 6.61 Å². The van der Waals surface area contributed by atoms with E-state index in [0.717, 1.165) is 18.4 Å². The first kappa shape index (κ1) is 14.7. The topological polar surface area (TPSA) is 50.4 Å². The fraction of sp³-hybridized carbons (Fsp3) is 0.500. The molecule has 1 saturated carbocycles. The molecule has 1 aromatic rings. The molecule has 1 aromatic carbocycles. The largest absolute Gasteiger partial charge is 0.435 e. The van der Waals surface area contributed by atoms with E-state index in [4.69, 9.17) is 0 Å². The van der Waals surface area contributed by atoms with Crippen molar-refractivity contribution in [3.05, 3.63) is 29.8 Å². The molecular formula is C14H18F2N2O2. The number of hydrogen-bond acceptors (Lipinski definition) is 3. The van der Waals surface area contributed by atoms with Crippen molar-refractivity contribution >= 4 is 5.91 Å². The molecule has 0 spiro atoms. The Hall–Kier alpha value is -1.69. The molecule has 4 nitrogen and oxygen atoms in total. The van der Waals surface area contributed by atoms with E-state index in [9.17, 15) is 13.6 Å². The van der Waals surface area contributed by atoms with Gasteiger partial charge in [-0.1, -0.05) is 12.1 Å². The van der Waals surface area contributed by atoms with Gasteiger partial charge in [-0.15, -0.1) is 0 Å². The first-order chi connectivity index (χ1) is 9.54. The number of carbonyl (C=O) groups excluding carboxylic acids is 1. The van der Waals surface area contributed by atoms with E-state index in [-0.39, 0.29) is 17.7 Å². The third-order valence-corrected chi connectivity index (χ3v) is 3.08. The molecule has 20 heavy (non-hydrogen) atoms. The smallest absolute Gasteiger partial charge is 0.387 e. The second kappa shape index (κ2) is 6.65. The number of benzene rings is 1. The van der Waals surface area contributed by atoms with Gasteiger partial charge >= 0.3 is 6.61 Å². The van der Waals surface area contributed by atoms with Crippen molar-refractivity contribution in [2.24, 2.45) is 0 Å². The highest BCUT2D eigenvalue weighted by molar-refractivity contribution is 5.81. The second-order valence-electron chi connectivity index (χ2n) is 4.91. The molecule has 0 heterocycles. The van der Waals surface area contributed by atoms with Crippen LogP contribution in [0.4, 0.5) is 8.78 Å². The Bertz CT molecular complexity index is 447. The molecule has 1 fully saturated rings. The lowest BCUT2D eigenvalue weighted by Gasteiger charge is -2.14. The molecule has 1 unspecified atom stereocenters. The quantitative estimate of drug-likeness (QED) is 0.805. The Morgan fingerprint density at radius 3 is 2.55 bits per heavy atom. The summed E-state index contributed by atoms with van der Waals surface area (Å²) in [7, 11) is 0. The minimum atomic E-state index is -2.81. The van der Waals surface area contributed by atoms with Gasteiger partial charge in [-0.25, -0.2) is 0 Å². The number of alkyl halides is 2. The first-order valence-corrected chi connectivity index (χ1v) is 6.62. The van der Waals surface area contributed by atoms with Gasteiger partial charge in [-0.3, -0.25) is 4.79 Å². The number of amides is 1. The fourth-order valence-electron chi connectivity index (χ4n) is 1.71. The summed E-state index contributed by atoms with van der Waals surface area (Å²) in [5, 5.41) is 6.01. The summed E-state index contributed by atoms with van der Waals surface area (Å²) in [5.74, 6) is 0.119. The van der Waals surface area contributed by atoms with Crippen molar-refractivity contribution < 1.29 is 18.3 Å². The maximum atomic E-state index is 12.0. The summed E-state index contributed by atoms with van der Waals surface area (Å²) in [6, 6.07) is 6.41. The third kappa shape index (κ3) is 4.77. The predicted molar refractivity (Wildman–Crippen MR) is 70.5 cm³/mol. The number of rotatable bonds is 7. The minimum Gasteiger partial charge on any atom is -0.435 e. The van der Waals surface area contributed by atoms with Crippen LogP contribution in [0.1, 0.15) is 25.3 Å². The molecular weight excluding hydrogens is 266 g/mol. The third-order valence-electron chi connectivity index (χ3n) is 3.08. The van der Waals surface area contributed by atoms with Gasteiger partial charge in [0, 0.05) is 12.6 Å². The molecule has 110 valence electrons. The van der Waals surface area contributed by atoms with Crippen LogP contribution >= 0.6 is 0 Å². The zero-order valence-corrected chi connectivity index (χ0v) is 11.2. The van der Waals surface area contributed by atoms with Crippen molar-refractivity contribution in [1.29, 1.82) is 0 Å². The summed E-state index contributed by atoms with van der Waals surface area (Å²) in [6.07, 6.45) is 2.12. The first-order valence-electron chi connectivity index (χ1n) is 6.62. The average Bonchev–Trinajstić information content (AvgIpc) is 3.20. The van der Waals surface area contributed by atoms with Gasteiger partial charge in [0.25, 0.3) is 0 Å². The molecule has 1 atom stereocenters. The summed E-state index contributed by atoms with van der Waals surface area (Å²) >= 11 is 0. The van der Waals surface area contributed by atoms with E-state index in [1.165, 1.54) is 12.1 Å². The van der Waals surface area contributed by atoms with Gasteiger partial charge in [0.05, 0.1) is 6.04 Å². The number of ether oxygens (including phenoxy) is 1. The van der Waals surface area contributed by atoms with Crippen LogP contribution < -0.4 is 15.4 Å². The number of carbonyl (C=O) groups is 1. The predicted octanol–water partition coefficient (Wildman–Crippen LogP) is 2.04. The lowest BCUT2D eigenvalue weighted by molar-refractivity contribution is -0.122. The van der Waals surface area contributed by atoms with Gasteiger partial charge in [0.1, 0.15) is 5.75 Å². The fourth-order valence-corrected chi connectivity index (χ4v) is 1.71. The van der Waals surface area contributed by atoms with Crippen molar-refractivity contribution in [2.45, 2.75) is 45.0 Å². The lowest BCUT2D eigenvalue weighted by Crippen LogP contribution is -2.42. The standard InChI is InChI=1S/C14H18F2N2O2/c1-9(13(19)18-11-4-5-11)17-8-10-2-6-12(7-3-10)20-14(15)16/h2-3,6-7,9,11,14,17H,4-5,8H2,1H3,(H,18,19). The monoisotopic (exact) mass is 284 g/mol. The van der Waals surface area contributed by atoms with Gasteiger partial charge < -0.3 is 15.4 Å². The Labute approximate surface area is 116 Å². The zero-order valence-electron chi connectivity index (χ0n) is 11.2. The van der Waals surface area contributed by atoms with E-state index in [2.05, 4.69) is 15.4 Å². The molecule has 2 rings (SSSR count). The molecule has 1 amide bonds. The molecule has 1 aliphatic rings. The Balaban J connectivity index is 1.76. The van der Waals surface area contributed by atoms with Crippen LogP contribution in [-0.4, -0.2) is 24.6 Å². The average molecular weight is 284 g/mol. The van der Waals surface area contributed by atoms with Crippen molar-refractivity contribution in [1.82, 2.24) is 10.6 Å². The summed E-state index contributed by atoms with van der Waals surface area (Å²) in [5.41, 5.74) is 0.901. The van der Waals surface area contributed by atoms with Crippen LogP contribution in [0.25, 0.3) is 0 Å². The Morgan fingerprint density at radius 2 is 2.00 bits per heavy atom. The summed E-state index contributed by atoms with van der Waals surface area (Å²) in [6.45, 7) is -0.523. The molecule has 6 heteroatoms. The highest BCUT2D eigenvalue weighted by Crippen LogP contribution is 2.18. The molecule has 0 aromatic heterocycles. The Kier molecular flexibility index (Phi) is 4.89. The zero-order chi connectivity index (χ0) is 14.5. The number of halogens is 2. The van der Waals surface area contributed by atoms with Gasteiger partial charge in [-0.05, 0) is 37.5 Å². The van der Waals surface area contributed by atoms with E-state index in [1.54, 1.807) is 19.1 Å². The molecule has 0 radical (unpaired) electrons. The Morgan fingerprint density at radius 1 is 1.35 bits per heavy atom.